The van der Waals surface area contributed by atoms with E-state index in [1.165, 1.54) is 18.4 Å². The van der Waals surface area contributed by atoms with Crippen molar-refractivity contribution in [3.63, 3.8) is 0 Å². The van der Waals surface area contributed by atoms with E-state index in [0.717, 1.165) is 34.6 Å². The molecule has 1 aliphatic rings. The van der Waals surface area contributed by atoms with Crippen LogP contribution in [0.5, 0.6) is 0 Å². The van der Waals surface area contributed by atoms with Crippen molar-refractivity contribution in [3.05, 3.63) is 27.0 Å². The van der Waals surface area contributed by atoms with Crippen molar-refractivity contribution in [1.29, 1.82) is 0 Å². The molecule has 0 N–H and O–H groups in total. The average molecular weight is 315 g/mol. The van der Waals surface area contributed by atoms with Crippen LogP contribution < -0.4 is 11.2 Å². The highest BCUT2D eigenvalue weighted by Gasteiger charge is 2.30. The first-order chi connectivity index (χ1) is 9.75. The summed E-state index contributed by atoms with van der Waals surface area (Å²) in [6.45, 7) is 2.93. The van der Waals surface area contributed by atoms with Crippen LogP contribution in [0.3, 0.4) is 0 Å². The lowest BCUT2D eigenvalue weighted by Gasteiger charge is -2.20. The molecule has 1 aromatic heterocycles. The second-order valence-electron chi connectivity index (χ2n) is 5.69. The van der Waals surface area contributed by atoms with Crippen molar-refractivity contribution in [3.8, 4) is 0 Å². The van der Waals surface area contributed by atoms with Crippen LogP contribution in [0.2, 0.25) is 0 Å². The summed E-state index contributed by atoms with van der Waals surface area (Å²) in [6.07, 6.45) is 3.67. The summed E-state index contributed by atoms with van der Waals surface area (Å²) in [5, 5.41) is 0. The summed E-state index contributed by atoms with van der Waals surface area (Å²) < 4.78 is 28.7. The molecular weight excluding hydrogens is 294 g/mol. The summed E-state index contributed by atoms with van der Waals surface area (Å²) in [7, 11) is -1.14. The monoisotopic (exact) mass is 315 g/mol. The highest BCUT2D eigenvalue weighted by atomic mass is 32.2. The summed E-state index contributed by atoms with van der Waals surface area (Å²) in [6, 6.07) is 0. The van der Waals surface area contributed by atoms with Crippen LogP contribution in [-0.2, 0) is 24.1 Å². The molecule has 0 aliphatic carbocycles. The molecule has 0 amide bonds. The zero-order valence-electron chi connectivity index (χ0n) is 12.6. The molecule has 0 saturated carbocycles. The summed E-state index contributed by atoms with van der Waals surface area (Å²) >= 11 is 0. The van der Waals surface area contributed by atoms with Crippen molar-refractivity contribution in [2.75, 3.05) is 13.1 Å². The van der Waals surface area contributed by atoms with Gasteiger partial charge in [-0.1, -0.05) is 6.92 Å². The Morgan fingerprint density at radius 3 is 2.48 bits per heavy atom. The summed E-state index contributed by atoms with van der Waals surface area (Å²) in [4.78, 5) is 23.5. The Morgan fingerprint density at radius 2 is 1.81 bits per heavy atom. The van der Waals surface area contributed by atoms with E-state index in [4.69, 9.17) is 0 Å². The van der Waals surface area contributed by atoms with Crippen molar-refractivity contribution < 1.29 is 8.42 Å². The molecule has 1 aliphatic heterocycles. The molecule has 1 fully saturated rings. The van der Waals surface area contributed by atoms with Gasteiger partial charge in [-0.2, -0.15) is 4.31 Å². The lowest BCUT2D eigenvalue weighted by molar-refractivity contribution is 0.414. The number of aromatic nitrogens is 2. The van der Waals surface area contributed by atoms with Gasteiger partial charge in [-0.15, -0.1) is 0 Å². The third-order valence-corrected chi connectivity index (χ3v) is 5.89. The Hall–Kier alpha value is -1.41. The Bertz CT molecular complexity index is 748. The van der Waals surface area contributed by atoms with Gasteiger partial charge >= 0.3 is 5.69 Å². The SMILES string of the molecule is C[C@@H]1CCCN(S(=O)(=O)c2cn(C)c(=O)n(C)c2=O)CC1. The third kappa shape index (κ3) is 2.96. The first kappa shape index (κ1) is 16.0. The molecule has 2 heterocycles. The topological polar surface area (TPSA) is 81.4 Å². The lowest BCUT2D eigenvalue weighted by Crippen LogP contribution is -2.43. The third-order valence-electron chi connectivity index (χ3n) is 4.01. The molecule has 1 aromatic rings. The zero-order valence-corrected chi connectivity index (χ0v) is 13.4. The van der Waals surface area contributed by atoms with E-state index in [9.17, 15) is 18.0 Å². The number of rotatable bonds is 2. The highest BCUT2D eigenvalue weighted by molar-refractivity contribution is 7.89. The van der Waals surface area contributed by atoms with E-state index in [2.05, 4.69) is 6.92 Å². The van der Waals surface area contributed by atoms with Gasteiger partial charge in [0.2, 0.25) is 10.0 Å². The second-order valence-corrected chi connectivity index (χ2v) is 7.60. The van der Waals surface area contributed by atoms with Crippen molar-refractivity contribution >= 4 is 10.0 Å². The molecule has 118 valence electrons. The van der Waals surface area contributed by atoms with Gasteiger partial charge in [-0.3, -0.25) is 9.36 Å². The maximum Gasteiger partial charge on any atom is 0.330 e. The Balaban J connectivity index is 2.50. The first-order valence-corrected chi connectivity index (χ1v) is 8.46. The molecule has 0 spiro atoms. The molecule has 0 aromatic carbocycles. The molecule has 1 atom stereocenters. The van der Waals surface area contributed by atoms with E-state index in [1.807, 2.05) is 0 Å². The number of hydrogen-bond donors (Lipinski definition) is 0. The molecule has 0 bridgehead atoms. The lowest BCUT2D eigenvalue weighted by atomic mass is 10.0. The fourth-order valence-corrected chi connectivity index (χ4v) is 4.21. The van der Waals surface area contributed by atoms with Gasteiger partial charge in [0.25, 0.3) is 5.56 Å². The zero-order chi connectivity index (χ0) is 15.8. The van der Waals surface area contributed by atoms with Crippen LogP contribution in [0.25, 0.3) is 0 Å². The predicted molar refractivity (Wildman–Crippen MR) is 78.7 cm³/mol. The molecular formula is C13H21N3O4S. The largest absolute Gasteiger partial charge is 0.330 e. The smallest absolute Gasteiger partial charge is 0.302 e. The second kappa shape index (κ2) is 5.76. The van der Waals surface area contributed by atoms with Gasteiger partial charge in [0.1, 0.15) is 0 Å². The standard InChI is InChI=1S/C13H21N3O4S/c1-10-5-4-7-16(8-6-10)21(19,20)11-9-14(2)13(18)15(3)12(11)17/h9-10H,4-8H2,1-3H3/t10-/m1/s1. The van der Waals surface area contributed by atoms with Crippen LogP contribution in [0.4, 0.5) is 0 Å². The van der Waals surface area contributed by atoms with Gasteiger partial charge in [-0.25, -0.2) is 13.2 Å². The van der Waals surface area contributed by atoms with E-state index in [1.54, 1.807) is 0 Å². The van der Waals surface area contributed by atoms with E-state index < -0.39 is 21.3 Å². The molecule has 1 saturated heterocycles. The fourth-order valence-electron chi connectivity index (χ4n) is 2.57. The summed E-state index contributed by atoms with van der Waals surface area (Å²) in [5.74, 6) is 0.480. The summed E-state index contributed by atoms with van der Waals surface area (Å²) in [5.41, 5.74) is -1.31. The van der Waals surface area contributed by atoms with Crippen LogP contribution in [-0.4, -0.2) is 34.9 Å². The molecule has 21 heavy (non-hydrogen) atoms. The Kier molecular flexibility index (Phi) is 4.38. The number of aryl methyl sites for hydroxylation is 1. The van der Waals surface area contributed by atoms with Gasteiger partial charge in [0.05, 0.1) is 0 Å². The number of sulfonamides is 1. The minimum Gasteiger partial charge on any atom is -0.302 e. The van der Waals surface area contributed by atoms with Crippen molar-refractivity contribution in [1.82, 2.24) is 13.4 Å². The van der Waals surface area contributed by atoms with E-state index in [-0.39, 0.29) is 4.90 Å². The van der Waals surface area contributed by atoms with Crippen LogP contribution in [0.15, 0.2) is 20.7 Å². The fraction of sp³-hybridized carbons (Fsp3) is 0.692. The van der Waals surface area contributed by atoms with Crippen LogP contribution in [0, 0.1) is 5.92 Å². The minimum absolute atomic E-state index is 0.332. The van der Waals surface area contributed by atoms with E-state index >= 15 is 0 Å². The number of nitrogens with zero attached hydrogens (tertiary/aromatic N) is 3. The normalized spacial score (nSPS) is 21.2. The molecule has 7 nitrogen and oxygen atoms in total. The van der Waals surface area contributed by atoms with E-state index in [0.29, 0.717) is 19.0 Å². The van der Waals surface area contributed by atoms with Gasteiger partial charge in [0.15, 0.2) is 4.90 Å². The molecule has 2 rings (SSSR count). The van der Waals surface area contributed by atoms with Crippen molar-refractivity contribution in [2.45, 2.75) is 31.1 Å². The average Bonchev–Trinajstić information content (AvgIpc) is 2.65. The number of hydrogen-bond acceptors (Lipinski definition) is 4. The maximum atomic E-state index is 12.7. The Morgan fingerprint density at radius 1 is 1.14 bits per heavy atom. The van der Waals surface area contributed by atoms with Gasteiger partial charge < -0.3 is 4.57 Å². The molecule has 0 radical (unpaired) electrons. The molecule has 0 unspecified atom stereocenters. The minimum atomic E-state index is -3.86. The first-order valence-electron chi connectivity index (χ1n) is 7.02. The van der Waals surface area contributed by atoms with Crippen LogP contribution in [0.1, 0.15) is 26.2 Å². The maximum absolute atomic E-state index is 12.7. The predicted octanol–water partition coefficient (Wildman–Crippen LogP) is -0.105. The Labute approximate surface area is 123 Å². The van der Waals surface area contributed by atoms with Gasteiger partial charge in [0, 0.05) is 33.4 Å². The van der Waals surface area contributed by atoms with Crippen LogP contribution >= 0.6 is 0 Å². The molecule has 8 heteroatoms. The van der Waals surface area contributed by atoms with Gasteiger partial charge in [-0.05, 0) is 25.2 Å². The van der Waals surface area contributed by atoms with Crippen molar-refractivity contribution in [2.24, 2.45) is 20.0 Å². The highest BCUT2D eigenvalue weighted by Crippen LogP contribution is 2.21. The quantitative estimate of drug-likeness (QED) is 0.763.